The lowest BCUT2D eigenvalue weighted by Crippen LogP contribution is -2.41. The zero-order valence-electron chi connectivity index (χ0n) is 31.1. The molecule has 0 aliphatic carbocycles. The Kier molecular flexibility index (Phi) is 4.96. The predicted molar refractivity (Wildman–Crippen MR) is 186 cm³/mol. The predicted octanol–water partition coefficient (Wildman–Crippen LogP) is 8.97. The Hall–Kier alpha value is -5.31. The molecule has 0 amide bonds. The Labute approximate surface area is 278 Å². The SMILES string of the molecule is [2H]c1c([2H])c([2H])c(-c2nc(-c3ccc4c(c3)oc3ccc(B5OC(C)(C)C(C)(C)O5)cc34)nc(-c3cccc4c3oc3ccccc34)n2)c([2H])c1[2H]. The number of para-hydroxylation sites is 2. The van der Waals surface area contributed by atoms with Gasteiger partial charge in [0.05, 0.1) is 23.6 Å². The van der Waals surface area contributed by atoms with Gasteiger partial charge in [-0.15, -0.1) is 0 Å². The van der Waals surface area contributed by atoms with Crippen LogP contribution >= 0.6 is 0 Å². The molecule has 0 atom stereocenters. The van der Waals surface area contributed by atoms with Crippen molar-refractivity contribution in [2.24, 2.45) is 0 Å². The zero-order chi connectivity index (χ0) is 36.3. The lowest BCUT2D eigenvalue weighted by molar-refractivity contribution is 0.00578. The quantitative estimate of drug-likeness (QED) is 0.182. The first-order chi connectivity index (χ1) is 24.8. The van der Waals surface area contributed by atoms with Crippen molar-refractivity contribution < 1.29 is 25.0 Å². The summed E-state index contributed by atoms with van der Waals surface area (Å²) in [6.45, 7) is 8.08. The molecule has 1 fully saturated rings. The van der Waals surface area contributed by atoms with Crippen LogP contribution in [0.2, 0.25) is 0 Å². The largest absolute Gasteiger partial charge is 0.494 e. The molecule has 8 aromatic rings. The van der Waals surface area contributed by atoms with E-state index in [-0.39, 0.29) is 23.0 Å². The van der Waals surface area contributed by atoms with Crippen LogP contribution < -0.4 is 5.46 Å². The van der Waals surface area contributed by atoms with Crippen LogP contribution in [-0.2, 0) is 9.31 Å². The Morgan fingerprint density at radius 3 is 2.06 bits per heavy atom. The summed E-state index contributed by atoms with van der Waals surface area (Å²) >= 11 is 0. The summed E-state index contributed by atoms with van der Waals surface area (Å²) in [7, 11) is -0.529. The van der Waals surface area contributed by atoms with Crippen LogP contribution in [-0.4, -0.2) is 33.3 Å². The molecule has 3 aromatic heterocycles. The molecule has 0 radical (unpaired) electrons. The van der Waals surface area contributed by atoms with Gasteiger partial charge >= 0.3 is 7.12 Å². The van der Waals surface area contributed by atoms with Crippen LogP contribution in [0.3, 0.4) is 0 Å². The molecule has 1 aliphatic rings. The minimum absolute atomic E-state index is 0.0677. The fourth-order valence-corrected chi connectivity index (χ4v) is 6.08. The average molecular weight is 621 g/mol. The van der Waals surface area contributed by atoms with E-state index in [4.69, 9.17) is 39.9 Å². The van der Waals surface area contributed by atoms with Gasteiger partial charge in [-0.2, -0.15) is 0 Å². The van der Waals surface area contributed by atoms with E-state index >= 15 is 0 Å². The Balaban J connectivity index is 1.22. The second-order valence-electron chi connectivity index (χ2n) is 12.7. The minimum Gasteiger partial charge on any atom is -0.456 e. The maximum absolute atomic E-state index is 8.70. The highest BCUT2D eigenvalue weighted by Gasteiger charge is 2.51. The topological polar surface area (TPSA) is 83.4 Å². The van der Waals surface area contributed by atoms with Crippen molar-refractivity contribution in [2.75, 3.05) is 0 Å². The van der Waals surface area contributed by atoms with Crippen molar-refractivity contribution in [1.29, 1.82) is 0 Å². The Morgan fingerprint density at radius 1 is 0.574 bits per heavy atom. The maximum Gasteiger partial charge on any atom is 0.494 e. The van der Waals surface area contributed by atoms with Gasteiger partial charge in [0, 0.05) is 32.7 Å². The lowest BCUT2D eigenvalue weighted by atomic mass is 9.78. The summed E-state index contributed by atoms with van der Waals surface area (Å²) in [5.74, 6) is 0.371. The van der Waals surface area contributed by atoms with E-state index in [0.717, 1.165) is 27.0 Å². The second kappa shape index (κ2) is 10.1. The minimum atomic E-state index is -0.529. The highest BCUT2D eigenvalue weighted by molar-refractivity contribution is 6.62. The van der Waals surface area contributed by atoms with Crippen molar-refractivity contribution in [3.63, 3.8) is 0 Å². The number of fused-ring (bicyclic) bond motifs is 6. The van der Waals surface area contributed by atoms with E-state index in [1.54, 1.807) is 0 Å². The number of rotatable bonds is 4. The lowest BCUT2D eigenvalue weighted by Gasteiger charge is -2.32. The summed E-state index contributed by atoms with van der Waals surface area (Å²) in [4.78, 5) is 14.3. The van der Waals surface area contributed by atoms with Crippen molar-refractivity contribution in [2.45, 2.75) is 38.9 Å². The summed E-state index contributed by atoms with van der Waals surface area (Å²) in [6, 6.07) is 22.6. The van der Waals surface area contributed by atoms with E-state index in [9.17, 15) is 0 Å². The number of benzene rings is 5. The molecule has 0 spiro atoms. The van der Waals surface area contributed by atoms with Crippen molar-refractivity contribution >= 4 is 56.5 Å². The molecule has 9 rings (SSSR count). The van der Waals surface area contributed by atoms with Gasteiger partial charge < -0.3 is 18.1 Å². The normalized spacial score (nSPS) is 17.3. The van der Waals surface area contributed by atoms with Gasteiger partial charge in [-0.3, -0.25) is 0 Å². The molecule has 5 aromatic carbocycles. The van der Waals surface area contributed by atoms with Crippen molar-refractivity contribution in [3.05, 3.63) is 109 Å². The number of hydrogen-bond donors (Lipinski definition) is 0. The summed E-state index contributed by atoms with van der Waals surface area (Å²) < 4.78 is 67.4. The van der Waals surface area contributed by atoms with Gasteiger partial charge in [0.25, 0.3) is 0 Å². The molecule has 0 unspecified atom stereocenters. The monoisotopic (exact) mass is 620 g/mol. The third-order valence-electron chi connectivity index (χ3n) is 9.28. The average Bonchev–Trinajstić information content (AvgIpc) is 3.77. The Morgan fingerprint density at radius 2 is 1.26 bits per heavy atom. The number of aromatic nitrogens is 3. The molecule has 0 bridgehead atoms. The molecule has 0 saturated carbocycles. The fourth-order valence-electron chi connectivity index (χ4n) is 6.08. The molecule has 47 heavy (non-hydrogen) atoms. The molecule has 1 saturated heterocycles. The van der Waals surface area contributed by atoms with E-state index < -0.39 is 48.5 Å². The van der Waals surface area contributed by atoms with Crippen LogP contribution in [0.4, 0.5) is 0 Å². The molecule has 8 heteroatoms. The Bertz CT molecular complexity index is 2750. The van der Waals surface area contributed by atoms with E-state index in [1.807, 2.05) is 107 Å². The van der Waals surface area contributed by atoms with E-state index in [1.165, 1.54) is 0 Å². The molecule has 228 valence electrons. The van der Waals surface area contributed by atoms with E-state index in [0.29, 0.717) is 33.5 Å². The summed E-state index contributed by atoms with van der Waals surface area (Å²) in [6.07, 6.45) is 0. The molecular weight excluding hydrogens is 585 g/mol. The van der Waals surface area contributed by atoms with Crippen molar-refractivity contribution in [3.8, 4) is 34.2 Å². The fraction of sp³-hybridized carbons (Fsp3) is 0.154. The number of furan rings is 2. The number of hydrogen-bond acceptors (Lipinski definition) is 7. The highest BCUT2D eigenvalue weighted by atomic mass is 16.7. The van der Waals surface area contributed by atoms with Crippen molar-refractivity contribution in [1.82, 2.24) is 15.0 Å². The van der Waals surface area contributed by atoms with Crippen LogP contribution in [0.1, 0.15) is 34.5 Å². The number of nitrogens with zero attached hydrogens (tertiary/aromatic N) is 3. The third kappa shape index (κ3) is 4.47. The maximum atomic E-state index is 8.70. The molecular formula is C39H30BN3O4. The second-order valence-corrected chi connectivity index (χ2v) is 12.7. The molecule has 1 aliphatic heterocycles. The van der Waals surface area contributed by atoms with Gasteiger partial charge in [0.15, 0.2) is 17.5 Å². The zero-order valence-corrected chi connectivity index (χ0v) is 26.1. The first kappa shape index (κ1) is 23.1. The standard InChI is InChI=1S/C39H30BN3O4/c1-38(2)39(3,4)47-40(46-38)25-18-20-32-30(22-25)27-19-17-24(21-33(27)44-32)36-41-35(23-11-6-5-7-12-23)42-37(43-36)29-15-10-14-28-26-13-8-9-16-31(26)45-34(28)29/h5-22H,1-4H3/i5D,6D,7D,11D,12D. The van der Waals surface area contributed by atoms with Gasteiger partial charge in [-0.1, -0.05) is 78.7 Å². The van der Waals surface area contributed by atoms with Gasteiger partial charge in [0.2, 0.25) is 0 Å². The van der Waals surface area contributed by atoms with Crippen LogP contribution in [0.15, 0.2) is 118 Å². The first-order valence-corrected chi connectivity index (χ1v) is 15.4. The highest BCUT2D eigenvalue weighted by Crippen LogP contribution is 2.39. The molecule has 7 nitrogen and oxygen atoms in total. The van der Waals surface area contributed by atoms with Gasteiger partial charge in [-0.25, -0.2) is 15.0 Å². The van der Waals surface area contributed by atoms with Crippen LogP contribution in [0, 0.1) is 0 Å². The van der Waals surface area contributed by atoms with E-state index in [2.05, 4.69) is 0 Å². The first-order valence-electron chi connectivity index (χ1n) is 17.9. The third-order valence-corrected chi connectivity index (χ3v) is 9.28. The summed E-state index contributed by atoms with van der Waals surface area (Å²) in [5, 5.41) is 3.55. The van der Waals surface area contributed by atoms with Gasteiger partial charge in [0.1, 0.15) is 22.3 Å². The summed E-state index contributed by atoms with van der Waals surface area (Å²) in [5.41, 5.74) is 3.44. The van der Waals surface area contributed by atoms with Gasteiger partial charge in [-0.05, 0) is 63.5 Å². The molecule has 4 heterocycles. The van der Waals surface area contributed by atoms with Crippen LogP contribution in [0.5, 0.6) is 0 Å². The molecule has 0 N–H and O–H groups in total. The smallest absolute Gasteiger partial charge is 0.456 e. The van der Waals surface area contributed by atoms with Crippen LogP contribution in [0.25, 0.3) is 78.0 Å².